The number of carbonyl (C=O) groups excluding carboxylic acids is 3. The normalized spacial score (nSPS) is 12.4. The molecule has 1 aromatic heterocycles. The zero-order chi connectivity index (χ0) is 27.5. The Morgan fingerprint density at radius 3 is 2.34 bits per heavy atom. The summed E-state index contributed by atoms with van der Waals surface area (Å²) in [4.78, 5) is 44.9. The Morgan fingerprint density at radius 2 is 1.68 bits per heavy atom. The number of pyridine rings is 1. The van der Waals surface area contributed by atoms with Crippen LogP contribution in [0.15, 0.2) is 60.8 Å². The fourth-order valence-corrected chi connectivity index (χ4v) is 4.10. The maximum atomic E-state index is 13.4. The van der Waals surface area contributed by atoms with E-state index >= 15 is 0 Å². The average Bonchev–Trinajstić information content (AvgIpc) is 2.92. The molecule has 0 radical (unpaired) electrons. The number of hydrogen-bond acceptors (Lipinski definition) is 8. The van der Waals surface area contributed by atoms with Crippen LogP contribution < -0.4 is 22.5 Å². The van der Waals surface area contributed by atoms with E-state index in [0.717, 1.165) is 16.5 Å². The molecule has 0 saturated carbocycles. The summed E-state index contributed by atoms with van der Waals surface area (Å²) < 4.78 is 0. The van der Waals surface area contributed by atoms with E-state index in [1.54, 1.807) is 30.5 Å². The number of Topliss-reactive ketones (excluding diaryl/α,β-unsaturated/α-hetero) is 1. The summed E-state index contributed by atoms with van der Waals surface area (Å²) in [5.41, 5.74) is 20.0. The van der Waals surface area contributed by atoms with E-state index < -0.39 is 18.0 Å². The number of para-hydroxylation sites is 1. The molecule has 10 heteroatoms. The molecule has 0 fully saturated rings. The largest absolute Gasteiger partial charge is 0.345 e. The van der Waals surface area contributed by atoms with Gasteiger partial charge >= 0.3 is 0 Å². The Bertz CT molecular complexity index is 1300. The Labute approximate surface area is 221 Å². The number of aromatic nitrogens is 1. The van der Waals surface area contributed by atoms with Crippen LogP contribution in [0.5, 0.6) is 0 Å². The van der Waals surface area contributed by atoms with Crippen LogP contribution in [-0.4, -0.2) is 65.7 Å². The quantitative estimate of drug-likeness (QED) is 0.252. The molecule has 0 aliphatic carbocycles. The van der Waals surface area contributed by atoms with Crippen molar-refractivity contribution in [3.63, 3.8) is 0 Å². The van der Waals surface area contributed by atoms with Crippen LogP contribution in [0.25, 0.3) is 10.9 Å². The molecule has 0 aliphatic heterocycles. The average molecular weight is 516 g/mol. The molecule has 0 saturated heterocycles. The second-order valence-corrected chi connectivity index (χ2v) is 9.02. The number of hydrogen-bond donors (Lipinski definition) is 4. The van der Waals surface area contributed by atoms with E-state index in [4.69, 9.17) is 22.5 Å². The minimum atomic E-state index is -1.15. The highest BCUT2D eigenvalue weighted by Crippen LogP contribution is 2.15. The number of ketones is 1. The van der Waals surface area contributed by atoms with Gasteiger partial charge in [-0.1, -0.05) is 30.3 Å². The standard InChI is InChI=1S/C28H33N7O3/c29-9-11-35(12-10-30)27(37)16-23(32)28(38)34-25(14-19-5-7-20(17-31)8-6-19)26(36)15-21-13-22-3-1-2-4-24(22)33-18-21/h1-8,13,18,23,25H,9-12,14-16,29-30,32H2,(H,34,38)/t23-,25-/m0/s1. The van der Waals surface area contributed by atoms with E-state index in [1.165, 1.54) is 4.90 Å². The summed E-state index contributed by atoms with van der Waals surface area (Å²) in [6, 6.07) is 16.3. The van der Waals surface area contributed by atoms with Gasteiger partial charge in [-0.05, 0) is 41.8 Å². The van der Waals surface area contributed by atoms with Gasteiger partial charge in [0.2, 0.25) is 11.8 Å². The van der Waals surface area contributed by atoms with Gasteiger partial charge in [-0.25, -0.2) is 0 Å². The number of rotatable bonds is 13. The number of benzene rings is 2. The first-order valence-electron chi connectivity index (χ1n) is 12.4. The third-order valence-corrected chi connectivity index (χ3v) is 6.14. The van der Waals surface area contributed by atoms with Gasteiger partial charge in [0.15, 0.2) is 5.78 Å². The lowest BCUT2D eigenvalue weighted by Crippen LogP contribution is -2.51. The maximum absolute atomic E-state index is 13.4. The first-order valence-corrected chi connectivity index (χ1v) is 12.4. The van der Waals surface area contributed by atoms with E-state index in [0.29, 0.717) is 24.2 Å². The van der Waals surface area contributed by atoms with E-state index in [-0.39, 0.29) is 44.0 Å². The van der Waals surface area contributed by atoms with Gasteiger partial charge < -0.3 is 27.4 Å². The van der Waals surface area contributed by atoms with Crippen LogP contribution in [0.3, 0.4) is 0 Å². The number of fused-ring (bicyclic) bond motifs is 1. The van der Waals surface area contributed by atoms with Crippen molar-refractivity contribution in [1.82, 2.24) is 15.2 Å². The lowest BCUT2D eigenvalue weighted by molar-refractivity contribution is -0.134. The fourth-order valence-electron chi connectivity index (χ4n) is 4.10. The molecular weight excluding hydrogens is 482 g/mol. The fraction of sp³-hybridized carbons (Fsp3) is 0.321. The van der Waals surface area contributed by atoms with Crippen molar-refractivity contribution in [2.45, 2.75) is 31.3 Å². The molecule has 0 unspecified atom stereocenters. The second kappa shape index (κ2) is 13.9. The van der Waals surface area contributed by atoms with Crippen LogP contribution >= 0.6 is 0 Å². The van der Waals surface area contributed by atoms with E-state index in [1.807, 2.05) is 30.3 Å². The third-order valence-electron chi connectivity index (χ3n) is 6.14. The van der Waals surface area contributed by atoms with Crippen LogP contribution in [0.4, 0.5) is 0 Å². The summed E-state index contributed by atoms with van der Waals surface area (Å²) >= 11 is 0. The van der Waals surface area contributed by atoms with E-state index in [2.05, 4.69) is 16.4 Å². The van der Waals surface area contributed by atoms with Crippen molar-refractivity contribution in [1.29, 1.82) is 5.26 Å². The molecule has 0 bridgehead atoms. The molecule has 38 heavy (non-hydrogen) atoms. The molecule has 3 rings (SSSR count). The minimum absolute atomic E-state index is 0.0496. The number of nitrogens with one attached hydrogen (secondary N) is 1. The van der Waals surface area contributed by atoms with Crippen molar-refractivity contribution in [2.75, 3.05) is 26.2 Å². The Balaban J connectivity index is 1.75. The van der Waals surface area contributed by atoms with Gasteiger partial charge in [-0.15, -0.1) is 0 Å². The first-order chi connectivity index (χ1) is 18.3. The summed E-state index contributed by atoms with van der Waals surface area (Å²) in [5, 5.41) is 12.7. The van der Waals surface area contributed by atoms with Crippen LogP contribution in [-0.2, 0) is 27.2 Å². The van der Waals surface area contributed by atoms with Gasteiger partial charge in [-0.2, -0.15) is 5.26 Å². The number of nitriles is 1. The molecule has 0 aliphatic rings. The zero-order valence-electron chi connectivity index (χ0n) is 21.2. The number of nitrogens with zero attached hydrogens (tertiary/aromatic N) is 3. The topological polar surface area (TPSA) is 181 Å². The highest BCUT2D eigenvalue weighted by Gasteiger charge is 2.27. The summed E-state index contributed by atoms with van der Waals surface area (Å²) in [7, 11) is 0. The van der Waals surface area contributed by atoms with Gasteiger partial charge in [0.1, 0.15) is 0 Å². The third kappa shape index (κ3) is 7.91. The minimum Gasteiger partial charge on any atom is -0.345 e. The summed E-state index contributed by atoms with van der Waals surface area (Å²) in [5.74, 6) is -1.17. The SMILES string of the molecule is N#Cc1ccc(C[C@H](NC(=O)[C@@H](N)CC(=O)N(CCN)CCN)C(=O)Cc2cnc3ccccc3c2)cc1. The van der Waals surface area contributed by atoms with Gasteiger partial charge in [0.05, 0.1) is 35.7 Å². The molecule has 10 nitrogen and oxygen atoms in total. The van der Waals surface area contributed by atoms with Crippen molar-refractivity contribution < 1.29 is 14.4 Å². The predicted molar refractivity (Wildman–Crippen MR) is 145 cm³/mol. The predicted octanol–water partition coefficient (Wildman–Crippen LogP) is 0.409. The molecule has 2 amide bonds. The molecule has 7 N–H and O–H groups in total. The highest BCUT2D eigenvalue weighted by molar-refractivity contribution is 5.94. The lowest BCUT2D eigenvalue weighted by Gasteiger charge is -2.24. The maximum Gasteiger partial charge on any atom is 0.238 e. The van der Waals surface area contributed by atoms with Crippen molar-refractivity contribution in [2.24, 2.45) is 17.2 Å². The number of amides is 2. The lowest BCUT2D eigenvalue weighted by atomic mass is 9.96. The second-order valence-electron chi connectivity index (χ2n) is 9.02. The van der Waals surface area contributed by atoms with Gasteiger partial charge in [0.25, 0.3) is 0 Å². The summed E-state index contributed by atoms with van der Waals surface area (Å²) in [6.07, 6.45) is 1.66. The van der Waals surface area contributed by atoms with Crippen LogP contribution in [0, 0.1) is 11.3 Å². The number of carbonyl (C=O) groups is 3. The molecular formula is C28H33N7O3. The van der Waals surface area contributed by atoms with E-state index in [9.17, 15) is 14.4 Å². The van der Waals surface area contributed by atoms with Gasteiger partial charge in [-0.3, -0.25) is 19.4 Å². The Hall–Kier alpha value is -4.17. The highest BCUT2D eigenvalue weighted by atomic mass is 16.2. The number of nitrogens with two attached hydrogens (primary N) is 3. The van der Waals surface area contributed by atoms with Crippen molar-refractivity contribution in [3.8, 4) is 6.07 Å². The summed E-state index contributed by atoms with van der Waals surface area (Å²) in [6.45, 7) is 1.14. The molecule has 0 spiro atoms. The van der Waals surface area contributed by atoms with Crippen LogP contribution in [0.1, 0.15) is 23.1 Å². The zero-order valence-corrected chi connectivity index (χ0v) is 21.2. The first kappa shape index (κ1) is 28.4. The van der Waals surface area contributed by atoms with Crippen molar-refractivity contribution >= 4 is 28.5 Å². The molecule has 198 valence electrons. The monoisotopic (exact) mass is 515 g/mol. The Kier molecular flexibility index (Phi) is 10.4. The molecule has 2 aromatic carbocycles. The van der Waals surface area contributed by atoms with Crippen LogP contribution in [0.2, 0.25) is 0 Å². The smallest absolute Gasteiger partial charge is 0.238 e. The molecule has 2 atom stereocenters. The van der Waals surface area contributed by atoms with Crippen molar-refractivity contribution in [3.05, 3.63) is 77.5 Å². The van der Waals surface area contributed by atoms with Gasteiger partial charge in [0, 0.05) is 44.2 Å². The molecule has 3 aromatic rings. The Morgan fingerprint density at radius 1 is 1.00 bits per heavy atom. The molecule has 1 heterocycles.